The summed E-state index contributed by atoms with van der Waals surface area (Å²) in [5.41, 5.74) is 1.08. The van der Waals surface area contributed by atoms with Gasteiger partial charge in [-0.05, 0) is 30.5 Å². The van der Waals surface area contributed by atoms with Crippen LogP contribution in [0.4, 0.5) is 0 Å². The summed E-state index contributed by atoms with van der Waals surface area (Å²) in [6, 6.07) is 13.7. The fourth-order valence-corrected chi connectivity index (χ4v) is 3.46. The zero-order valence-electron chi connectivity index (χ0n) is 18.1. The van der Waals surface area contributed by atoms with Gasteiger partial charge in [-0.15, -0.1) is 0 Å². The molecule has 0 spiro atoms. The number of benzene rings is 2. The molecule has 9 heteroatoms. The van der Waals surface area contributed by atoms with Crippen LogP contribution in [0.1, 0.15) is 35.2 Å². The second-order valence-corrected chi connectivity index (χ2v) is 7.70. The van der Waals surface area contributed by atoms with Gasteiger partial charge in [0.2, 0.25) is 11.8 Å². The van der Waals surface area contributed by atoms with Gasteiger partial charge in [0.15, 0.2) is 0 Å². The standard InChI is InChI=1S/C24H27N3O6/c28-21-12-11-18(24(31)32)27-22(29)17-9-4-5-10-20(17)33-14-6-13-25-23(30)19(26-21)15-16-7-2-1-3-8-16/h1-5,7-10,18-19H,6,11-15H2,(H,25,30)(H,26,28)(H,27,29)(H,31,32)/t18-,19-/m0/s1. The van der Waals surface area contributed by atoms with Crippen molar-refractivity contribution in [1.82, 2.24) is 16.0 Å². The minimum Gasteiger partial charge on any atom is -0.493 e. The topological polar surface area (TPSA) is 134 Å². The number of rotatable bonds is 3. The molecular weight excluding hydrogens is 426 g/mol. The Morgan fingerprint density at radius 3 is 2.48 bits per heavy atom. The summed E-state index contributed by atoms with van der Waals surface area (Å²) < 4.78 is 5.70. The van der Waals surface area contributed by atoms with Crippen LogP contribution < -0.4 is 20.7 Å². The minimum atomic E-state index is -1.27. The molecular formula is C24H27N3O6. The first-order valence-corrected chi connectivity index (χ1v) is 10.8. The SMILES string of the molecule is O=C1CC[C@@H](C(=O)O)NC(=O)c2ccccc2OCCCNC(=O)[C@H](Cc2ccccc2)N1. The fourth-order valence-electron chi connectivity index (χ4n) is 3.46. The fraction of sp³-hybridized carbons (Fsp3) is 0.333. The number of carbonyl (C=O) groups is 4. The predicted octanol–water partition coefficient (Wildman–Crippen LogP) is 1.28. The average molecular weight is 453 g/mol. The van der Waals surface area contributed by atoms with E-state index in [9.17, 15) is 24.3 Å². The highest BCUT2D eigenvalue weighted by molar-refractivity contribution is 5.99. The molecule has 1 aliphatic rings. The molecule has 3 amide bonds. The van der Waals surface area contributed by atoms with Gasteiger partial charge in [-0.3, -0.25) is 14.4 Å². The van der Waals surface area contributed by atoms with E-state index in [0.29, 0.717) is 25.1 Å². The number of para-hydroxylation sites is 1. The summed E-state index contributed by atoms with van der Waals surface area (Å²) in [6.45, 7) is 0.568. The van der Waals surface area contributed by atoms with Crippen molar-refractivity contribution in [2.24, 2.45) is 0 Å². The Balaban J connectivity index is 1.78. The molecule has 4 N–H and O–H groups in total. The summed E-state index contributed by atoms with van der Waals surface area (Å²) in [5, 5.41) is 17.5. The highest BCUT2D eigenvalue weighted by Crippen LogP contribution is 2.18. The maximum Gasteiger partial charge on any atom is 0.326 e. The third-order valence-electron chi connectivity index (χ3n) is 5.21. The molecule has 1 aliphatic heterocycles. The molecule has 0 saturated carbocycles. The quantitative estimate of drug-likeness (QED) is 0.553. The van der Waals surface area contributed by atoms with Crippen LogP contribution in [-0.4, -0.2) is 54.0 Å². The minimum absolute atomic E-state index is 0.129. The van der Waals surface area contributed by atoms with E-state index >= 15 is 0 Å². The molecule has 9 nitrogen and oxygen atoms in total. The lowest BCUT2D eigenvalue weighted by Gasteiger charge is -2.21. The van der Waals surface area contributed by atoms with Crippen molar-refractivity contribution in [3.8, 4) is 5.75 Å². The number of aliphatic carboxylic acids is 1. The van der Waals surface area contributed by atoms with Crippen molar-refractivity contribution in [3.05, 3.63) is 65.7 Å². The van der Waals surface area contributed by atoms with Crippen molar-refractivity contribution < 1.29 is 29.0 Å². The molecule has 0 aromatic heterocycles. The largest absolute Gasteiger partial charge is 0.493 e. The molecule has 174 valence electrons. The molecule has 33 heavy (non-hydrogen) atoms. The van der Waals surface area contributed by atoms with E-state index in [1.165, 1.54) is 6.07 Å². The third-order valence-corrected chi connectivity index (χ3v) is 5.21. The summed E-state index contributed by atoms with van der Waals surface area (Å²) in [4.78, 5) is 49.7. The van der Waals surface area contributed by atoms with Crippen LogP contribution in [0.5, 0.6) is 5.75 Å². The lowest BCUT2D eigenvalue weighted by atomic mass is 10.0. The first kappa shape index (κ1) is 23.8. The maximum atomic E-state index is 12.8. The molecule has 1 heterocycles. The van der Waals surface area contributed by atoms with Gasteiger partial charge in [0.05, 0.1) is 12.2 Å². The van der Waals surface area contributed by atoms with Crippen molar-refractivity contribution >= 4 is 23.7 Å². The van der Waals surface area contributed by atoms with Crippen LogP contribution in [0.2, 0.25) is 0 Å². The Morgan fingerprint density at radius 2 is 1.73 bits per heavy atom. The van der Waals surface area contributed by atoms with Gasteiger partial charge in [-0.25, -0.2) is 4.79 Å². The summed E-state index contributed by atoms with van der Waals surface area (Å²) in [6.07, 6.45) is 0.469. The van der Waals surface area contributed by atoms with Gasteiger partial charge < -0.3 is 25.8 Å². The van der Waals surface area contributed by atoms with Crippen LogP contribution in [0.3, 0.4) is 0 Å². The molecule has 0 bridgehead atoms. The van der Waals surface area contributed by atoms with Crippen molar-refractivity contribution in [2.75, 3.05) is 13.2 Å². The second kappa shape index (κ2) is 11.7. The zero-order chi connectivity index (χ0) is 23.6. The molecule has 2 atom stereocenters. The number of carbonyl (C=O) groups excluding carboxylic acids is 3. The third kappa shape index (κ3) is 7.06. The van der Waals surface area contributed by atoms with E-state index in [0.717, 1.165) is 5.56 Å². The molecule has 0 unspecified atom stereocenters. The van der Waals surface area contributed by atoms with E-state index < -0.39 is 29.9 Å². The highest BCUT2D eigenvalue weighted by atomic mass is 16.5. The van der Waals surface area contributed by atoms with Gasteiger partial charge >= 0.3 is 5.97 Å². The van der Waals surface area contributed by atoms with Crippen molar-refractivity contribution in [2.45, 2.75) is 37.8 Å². The van der Waals surface area contributed by atoms with Crippen molar-refractivity contribution in [3.63, 3.8) is 0 Å². The summed E-state index contributed by atoms with van der Waals surface area (Å²) in [5.74, 6) is -2.34. The number of nitrogens with one attached hydrogen (secondary N) is 3. The Labute approximate surface area is 191 Å². The molecule has 2 aromatic carbocycles. The lowest BCUT2D eigenvalue weighted by Crippen LogP contribution is -2.49. The van der Waals surface area contributed by atoms with E-state index in [1.54, 1.807) is 18.2 Å². The Morgan fingerprint density at radius 1 is 1.00 bits per heavy atom. The van der Waals surface area contributed by atoms with Crippen molar-refractivity contribution in [1.29, 1.82) is 0 Å². The monoisotopic (exact) mass is 453 g/mol. The number of hydrogen-bond donors (Lipinski definition) is 4. The van der Waals surface area contributed by atoms with E-state index in [-0.39, 0.29) is 30.9 Å². The Hall–Kier alpha value is -3.88. The summed E-state index contributed by atoms with van der Waals surface area (Å²) in [7, 11) is 0. The van der Waals surface area contributed by atoms with Gasteiger partial charge in [-0.2, -0.15) is 0 Å². The number of amides is 3. The predicted molar refractivity (Wildman–Crippen MR) is 120 cm³/mol. The first-order valence-electron chi connectivity index (χ1n) is 10.8. The number of carboxylic acid groups (broad SMARTS) is 1. The number of ether oxygens (including phenoxy) is 1. The second-order valence-electron chi connectivity index (χ2n) is 7.70. The summed E-state index contributed by atoms with van der Waals surface area (Å²) >= 11 is 0. The van der Waals surface area contributed by atoms with Crippen LogP contribution in [0, 0.1) is 0 Å². The van der Waals surface area contributed by atoms with Gasteiger partial charge in [0.25, 0.3) is 5.91 Å². The zero-order valence-corrected chi connectivity index (χ0v) is 18.1. The molecule has 0 fully saturated rings. The van der Waals surface area contributed by atoms with Crippen LogP contribution in [0.15, 0.2) is 54.6 Å². The molecule has 2 aromatic rings. The normalized spacial score (nSPS) is 20.4. The van der Waals surface area contributed by atoms with Crippen LogP contribution in [0.25, 0.3) is 0 Å². The van der Waals surface area contributed by atoms with Gasteiger partial charge in [-0.1, -0.05) is 42.5 Å². The number of fused-ring (bicyclic) bond motifs is 1. The lowest BCUT2D eigenvalue weighted by molar-refractivity contribution is -0.139. The average Bonchev–Trinajstić information content (AvgIpc) is 2.81. The van der Waals surface area contributed by atoms with E-state index in [2.05, 4.69) is 16.0 Å². The molecule has 3 rings (SSSR count). The first-order chi connectivity index (χ1) is 15.9. The number of carboxylic acids is 1. The van der Waals surface area contributed by atoms with Crippen LogP contribution >= 0.6 is 0 Å². The van der Waals surface area contributed by atoms with Gasteiger partial charge in [0.1, 0.15) is 17.8 Å². The van der Waals surface area contributed by atoms with E-state index in [1.807, 2.05) is 30.3 Å². The molecule has 0 saturated heterocycles. The van der Waals surface area contributed by atoms with Gasteiger partial charge in [0, 0.05) is 19.4 Å². The smallest absolute Gasteiger partial charge is 0.326 e. The Kier molecular flexibility index (Phi) is 8.40. The molecule has 0 radical (unpaired) electrons. The maximum absolute atomic E-state index is 12.8. The highest BCUT2D eigenvalue weighted by Gasteiger charge is 2.26. The number of hydrogen-bond acceptors (Lipinski definition) is 5. The van der Waals surface area contributed by atoms with Crippen LogP contribution in [-0.2, 0) is 20.8 Å². The molecule has 0 aliphatic carbocycles. The van der Waals surface area contributed by atoms with E-state index in [4.69, 9.17) is 4.74 Å². The Bertz CT molecular complexity index is 995.